The van der Waals surface area contributed by atoms with Crippen molar-refractivity contribution in [1.29, 1.82) is 0 Å². The van der Waals surface area contributed by atoms with Gasteiger partial charge in [-0.3, -0.25) is 4.79 Å². The molecule has 152 valence electrons. The number of nitrogens with zero attached hydrogens (tertiary/aromatic N) is 1. The predicted molar refractivity (Wildman–Crippen MR) is 117 cm³/mol. The van der Waals surface area contributed by atoms with E-state index < -0.39 is 0 Å². The second-order valence-electron chi connectivity index (χ2n) is 8.71. The first-order valence-corrected chi connectivity index (χ1v) is 10.4. The molecule has 0 bridgehead atoms. The van der Waals surface area contributed by atoms with Crippen molar-refractivity contribution in [3.05, 3.63) is 48.0 Å². The number of benzene rings is 1. The Labute approximate surface area is 167 Å². The number of carbonyl (C=O) groups is 1. The van der Waals surface area contributed by atoms with Crippen LogP contribution in [0, 0.1) is 5.41 Å². The molecule has 0 aliphatic carbocycles. The predicted octanol–water partition coefficient (Wildman–Crippen LogP) is 5.30. The molecule has 3 heteroatoms. The summed E-state index contributed by atoms with van der Waals surface area (Å²) in [6.07, 6.45) is 5.54. The summed E-state index contributed by atoms with van der Waals surface area (Å²) in [5.41, 5.74) is 3.30. The summed E-state index contributed by atoms with van der Waals surface area (Å²) in [6, 6.07) is 8.64. The van der Waals surface area contributed by atoms with Gasteiger partial charge in [-0.2, -0.15) is 0 Å². The molecule has 1 fully saturated rings. The van der Waals surface area contributed by atoms with Gasteiger partial charge in [-0.05, 0) is 60.9 Å². The topological polar surface area (TPSA) is 32.3 Å². The van der Waals surface area contributed by atoms with Gasteiger partial charge in [-0.15, -0.1) is 6.58 Å². The van der Waals surface area contributed by atoms with Crippen LogP contribution in [-0.4, -0.2) is 30.4 Å². The molecule has 1 saturated heterocycles. The van der Waals surface area contributed by atoms with Crippen LogP contribution in [0.1, 0.15) is 71.9 Å². The molecule has 1 aliphatic heterocycles. The van der Waals surface area contributed by atoms with Gasteiger partial charge in [0.2, 0.25) is 5.91 Å². The van der Waals surface area contributed by atoms with E-state index in [1.807, 2.05) is 6.08 Å². The number of amides is 1. The zero-order valence-corrected chi connectivity index (χ0v) is 18.4. The number of rotatable bonds is 5. The fourth-order valence-corrected chi connectivity index (χ4v) is 3.52. The highest BCUT2D eigenvalue weighted by Crippen LogP contribution is 2.40. The Morgan fingerprint density at radius 1 is 1.22 bits per heavy atom. The minimum Gasteiger partial charge on any atom is -0.352 e. The molecule has 1 N–H and O–H groups in total. The molecule has 0 unspecified atom stereocenters. The minimum absolute atomic E-state index is 0.0381. The fourth-order valence-electron chi connectivity index (χ4n) is 3.52. The molecule has 0 atom stereocenters. The first-order valence-electron chi connectivity index (χ1n) is 10.4. The molecule has 1 aliphatic rings. The van der Waals surface area contributed by atoms with Crippen LogP contribution in [-0.2, 0) is 16.8 Å². The second kappa shape index (κ2) is 10.7. The van der Waals surface area contributed by atoms with Crippen molar-refractivity contribution in [2.45, 2.75) is 72.8 Å². The summed E-state index contributed by atoms with van der Waals surface area (Å²) < 4.78 is 0. The van der Waals surface area contributed by atoms with Gasteiger partial charge in [-0.1, -0.05) is 65.0 Å². The molecule has 0 aromatic heterocycles. The van der Waals surface area contributed by atoms with Gasteiger partial charge < -0.3 is 10.2 Å². The Morgan fingerprint density at radius 2 is 1.78 bits per heavy atom. The average Bonchev–Trinajstić information content (AvgIpc) is 2.66. The SMILES string of the molecule is C=CC(C)(C)C.CCN1CCC(CC)(c2ccccc2CNC(C)=O)CC1. The number of nitrogens with one attached hydrogen (secondary N) is 1. The van der Waals surface area contributed by atoms with Crippen molar-refractivity contribution in [3.63, 3.8) is 0 Å². The fraction of sp³-hybridized carbons (Fsp3) is 0.625. The second-order valence-corrected chi connectivity index (χ2v) is 8.71. The van der Waals surface area contributed by atoms with Crippen LogP contribution >= 0.6 is 0 Å². The molecule has 0 radical (unpaired) electrons. The maximum Gasteiger partial charge on any atom is 0.217 e. The van der Waals surface area contributed by atoms with Gasteiger partial charge in [0, 0.05) is 13.5 Å². The number of hydrogen-bond acceptors (Lipinski definition) is 2. The number of carbonyl (C=O) groups excluding carboxylic acids is 1. The van der Waals surface area contributed by atoms with Crippen LogP contribution in [0.4, 0.5) is 0 Å². The van der Waals surface area contributed by atoms with E-state index in [1.54, 1.807) is 6.92 Å². The first-order chi connectivity index (χ1) is 12.7. The Bertz CT molecular complexity index is 593. The van der Waals surface area contributed by atoms with Gasteiger partial charge in [0.1, 0.15) is 0 Å². The van der Waals surface area contributed by atoms with E-state index >= 15 is 0 Å². The lowest BCUT2D eigenvalue weighted by Gasteiger charge is -2.42. The molecule has 0 saturated carbocycles. The highest BCUT2D eigenvalue weighted by Gasteiger charge is 2.35. The third-order valence-electron chi connectivity index (χ3n) is 5.67. The molecule has 1 aromatic carbocycles. The highest BCUT2D eigenvalue weighted by atomic mass is 16.1. The van der Waals surface area contributed by atoms with Crippen LogP contribution in [0.2, 0.25) is 0 Å². The monoisotopic (exact) mass is 372 g/mol. The van der Waals surface area contributed by atoms with E-state index in [2.05, 4.69) is 75.7 Å². The lowest BCUT2D eigenvalue weighted by atomic mass is 9.69. The van der Waals surface area contributed by atoms with Gasteiger partial charge in [0.05, 0.1) is 0 Å². The van der Waals surface area contributed by atoms with Crippen molar-refractivity contribution in [2.24, 2.45) is 5.41 Å². The molecule has 1 heterocycles. The van der Waals surface area contributed by atoms with E-state index in [1.165, 1.54) is 43.5 Å². The number of likely N-dealkylation sites (tertiary alicyclic amines) is 1. The zero-order chi connectivity index (χ0) is 20.5. The van der Waals surface area contributed by atoms with E-state index in [4.69, 9.17) is 0 Å². The van der Waals surface area contributed by atoms with E-state index in [-0.39, 0.29) is 11.3 Å². The van der Waals surface area contributed by atoms with E-state index in [9.17, 15) is 4.79 Å². The largest absolute Gasteiger partial charge is 0.352 e. The van der Waals surface area contributed by atoms with Crippen LogP contribution in [0.5, 0.6) is 0 Å². The summed E-state index contributed by atoms with van der Waals surface area (Å²) >= 11 is 0. The van der Waals surface area contributed by atoms with Crippen LogP contribution in [0.15, 0.2) is 36.9 Å². The zero-order valence-electron chi connectivity index (χ0n) is 18.4. The first kappa shape index (κ1) is 23.4. The van der Waals surface area contributed by atoms with Gasteiger partial charge in [0.15, 0.2) is 0 Å². The summed E-state index contributed by atoms with van der Waals surface area (Å²) in [5, 5.41) is 2.95. The molecule has 0 spiro atoms. The van der Waals surface area contributed by atoms with E-state index in [0.29, 0.717) is 12.0 Å². The normalized spacial score (nSPS) is 16.8. The number of hydrogen-bond donors (Lipinski definition) is 1. The number of piperidine rings is 1. The van der Waals surface area contributed by atoms with Crippen molar-refractivity contribution in [3.8, 4) is 0 Å². The molecular formula is C24H40N2O. The van der Waals surface area contributed by atoms with Crippen molar-refractivity contribution < 1.29 is 4.79 Å². The Balaban J connectivity index is 0.000000527. The van der Waals surface area contributed by atoms with Crippen LogP contribution in [0.25, 0.3) is 0 Å². The standard InChI is InChI=1S/C18H28N2O.C6H12/c1-4-18(10-12-20(5-2)13-11-18)17-9-7-6-8-16(17)14-19-15(3)21;1-5-6(2,3)4/h6-9H,4-5,10-14H2,1-3H3,(H,19,21);5H,1H2,2-4H3. The summed E-state index contributed by atoms with van der Waals surface area (Å²) in [5.74, 6) is 0.0381. The molecule has 1 aromatic rings. The Morgan fingerprint density at radius 3 is 2.22 bits per heavy atom. The van der Waals surface area contributed by atoms with Crippen LogP contribution < -0.4 is 5.32 Å². The van der Waals surface area contributed by atoms with Gasteiger partial charge >= 0.3 is 0 Å². The lowest BCUT2D eigenvalue weighted by molar-refractivity contribution is -0.119. The highest BCUT2D eigenvalue weighted by molar-refractivity contribution is 5.72. The maximum absolute atomic E-state index is 11.2. The van der Waals surface area contributed by atoms with Crippen molar-refractivity contribution in [1.82, 2.24) is 10.2 Å². The van der Waals surface area contributed by atoms with Gasteiger partial charge in [-0.25, -0.2) is 0 Å². The maximum atomic E-state index is 11.2. The number of allylic oxidation sites excluding steroid dienone is 1. The van der Waals surface area contributed by atoms with E-state index in [0.717, 1.165) is 6.54 Å². The summed E-state index contributed by atoms with van der Waals surface area (Å²) in [6.45, 7) is 20.3. The molecule has 27 heavy (non-hydrogen) atoms. The van der Waals surface area contributed by atoms with Crippen LogP contribution in [0.3, 0.4) is 0 Å². The third-order valence-corrected chi connectivity index (χ3v) is 5.67. The molecule has 1 amide bonds. The average molecular weight is 373 g/mol. The molecule has 2 rings (SSSR count). The quantitative estimate of drug-likeness (QED) is 0.711. The van der Waals surface area contributed by atoms with Crippen molar-refractivity contribution >= 4 is 5.91 Å². The smallest absolute Gasteiger partial charge is 0.217 e. The third kappa shape index (κ3) is 7.50. The lowest BCUT2D eigenvalue weighted by Crippen LogP contribution is -2.42. The summed E-state index contributed by atoms with van der Waals surface area (Å²) in [4.78, 5) is 13.8. The Kier molecular flexibility index (Phi) is 9.25. The van der Waals surface area contributed by atoms with Crippen molar-refractivity contribution in [2.75, 3.05) is 19.6 Å². The van der Waals surface area contributed by atoms with Gasteiger partial charge in [0.25, 0.3) is 0 Å². The minimum atomic E-state index is 0.0381. The summed E-state index contributed by atoms with van der Waals surface area (Å²) in [7, 11) is 0. The Hall–Kier alpha value is -1.61. The molecular weight excluding hydrogens is 332 g/mol. The molecule has 3 nitrogen and oxygen atoms in total.